The lowest BCUT2D eigenvalue weighted by atomic mass is 10.0. The van der Waals surface area contributed by atoms with Crippen LogP contribution in [0.2, 0.25) is 0 Å². The van der Waals surface area contributed by atoms with E-state index in [1.807, 2.05) is 18.2 Å². The molecule has 0 aromatic heterocycles. The Kier molecular flexibility index (Phi) is 6.32. The molecule has 32 heavy (non-hydrogen) atoms. The summed E-state index contributed by atoms with van der Waals surface area (Å²) >= 11 is 1.30. The zero-order valence-corrected chi connectivity index (χ0v) is 18.6. The molecule has 1 saturated heterocycles. The van der Waals surface area contributed by atoms with Crippen molar-refractivity contribution in [3.63, 3.8) is 0 Å². The average Bonchev–Trinajstić information content (AvgIpc) is 3.25. The van der Waals surface area contributed by atoms with E-state index in [0.29, 0.717) is 11.6 Å². The van der Waals surface area contributed by atoms with Crippen molar-refractivity contribution < 1.29 is 18.8 Å². The molecule has 2 heterocycles. The summed E-state index contributed by atoms with van der Waals surface area (Å²) in [5.74, 6) is -0.903. The number of nitrogens with zero attached hydrogens (tertiary/aromatic N) is 2. The van der Waals surface area contributed by atoms with Crippen LogP contribution < -0.4 is 5.32 Å². The molecule has 4 amide bonds. The highest BCUT2D eigenvalue weighted by Crippen LogP contribution is 2.35. The third-order valence-corrected chi connectivity index (χ3v) is 6.68. The second-order valence-electron chi connectivity index (χ2n) is 8.13. The highest BCUT2D eigenvalue weighted by molar-refractivity contribution is 8.03. The summed E-state index contributed by atoms with van der Waals surface area (Å²) in [7, 11) is 0. The number of rotatable bonds is 6. The Hall–Kier alpha value is -3.13. The van der Waals surface area contributed by atoms with Gasteiger partial charge >= 0.3 is 6.03 Å². The van der Waals surface area contributed by atoms with Crippen LogP contribution in [0.5, 0.6) is 0 Å². The molecular weight excluding hydrogens is 429 g/mol. The lowest BCUT2D eigenvalue weighted by Gasteiger charge is -2.40. The molecule has 0 radical (unpaired) electrons. The van der Waals surface area contributed by atoms with Gasteiger partial charge in [0.1, 0.15) is 17.6 Å². The van der Waals surface area contributed by atoms with E-state index >= 15 is 0 Å². The van der Waals surface area contributed by atoms with E-state index in [9.17, 15) is 18.8 Å². The molecule has 0 aliphatic carbocycles. The summed E-state index contributed by atoms with van der Waals surface area (Å²) < 4.78 is 14.2. The SMILES string of the molecule is CC(C)c1cccc(NC(=O)CN2C(=O)N(Cc3ccccc3F)C(=O)C3SC=CC32)c1. The monoisotopic (exact) mass is 453 g/mol. The maximum absolute atomic E-state index is 14.2. The molecule has 0 bridgehead atoms. The van der Waals surface area contributed by atoms with Gasteiger partial charge in [-0.3, -0.25) is 14.5 Å². The molecule has 0 saturated carbocycles. The van der Waals surface area contributed by atoms with E-state index < -0.39 is 23.1 Å². The van der Waals surface area contributed by atoms with Gasteiger partial charge in [-0.1, -0.05) is 50.3 Å². The number of nitrogens with one attached hydrogen (secondary N) is 1. The van der Waals surface area contributed by atoms with E-state index in [0.717, 1.165) is 10.5 Å². The highest BCUT2D eigenvalue weighted by atomic mass is 32.2. The quantitative estimate of drug-likeness (QED) is 0.706. The maximum atomic E-state index is 14.2. The lowest BCUT2D eigenvalue weighted by molar-refractivity contribution is -0.133. The first-order valence-electron chi connectivity index (χ1n) is 10.4. The number of anilines is 1. The molecule has 2 aliphatic rings. The fraction of sp³-hybridized carbons (Fsp3) is 0.292. The lowest BCUT2D eigenvalue weighted by Crippen LogP contribution is -2.62. The molecule has 2 atom stereocenters. The van der Waals surface area contributed by atoms with Crippen LogP contribution in [0.25, 0.3) is 0 Å². The van der Waals surface area contributed by atoms with Crippen molar-refractivity contribution in [2.45, 2.75) is 37.6 Å². The molecule has 1 N–H and O–H groups in total. The fourth-order valence-corrected chi connectivity index (χ4v) is 4.90. The fourth-order valence-electron chi connectivity index (χ4n) is 3.84. The molecule has 2 unspecified atom stereocenters. The summed E-state index contributed by atoms with van der Waals surface area (Å²) in [6.07, 6.45) is 1.76. The first kappa shape index (κ1) is 22.1. The smallest absolute Gasteiger partial charge is 0.325 e. The van der Waals surface area contributed by atoms with Crippen LogP contribution in [0, 0.1) is 5.82 Å². The number of amides is 4. The molecule has 1 fully saturated rings. The molecule has 2 aromatic carbocycles. The Bertz CT molecular complexity index is 1090. The molecule has 4 rings (SSSR count). The molecule has 2 aliphatic heterocycles. The number of hydrogen-bond acceptors (Lipinski definition) is 4. The summed E-state index contributed by atoms with van der Waals surface area (Å²) in [5.41, 5.74) is 1.99. The van der Waals surface area contributed by atoms with E-state index in [1.54, 1.807) is 35.7 Å². The zero-order chi connectivity index (χ0) is 22.8. The van der Waals surface area contributed by atoms with Crippen LogP contribution in [0.1, 0.15) is 30.9 Å². The highest BCUT2D eigenvalue weighted by Gasteiger charge is 2.47. The zero-order valence-electron chi connectivity index (χ0n) is 17.8. The van der Waals surface area contributed by atoms with Crippen molar-refractivity contribution in [1.29, 1.82) is 0 Å². The Balaban J connectivity index is 1.52. The van der Waals surface area contributed by atoms with Gasteiger partial charge in [-0.05, 0) is 35.1 Å². The van der Waals surface area contributed by atoms with Crippen molar-refractivity contribution in [2.24, 2.45) is 0 Å². The minimum absolute atomic E-state index is 0.178. The molecule has 6 nitrogen and oxygen atoms in total. The van der Waals surface area contributed by atoms with Gasteiger partial charge in [-0.25, -0.2) is 9.18 Å². The van der Waals surface area contributed by atoms with Gasteiger partial charge in [0.05, 0.1) is 12.6 Å². The number of imide groups is 1. The molecule has 166 valence electrons. The van der Waals surface area contributed by atoms with Crippen LogP contribution in [0.4, 0.5) is 14.9 Å². The molecular formula is C24H24FN3O3S. The van der Waals surface area contributed by atoms with Gasteiger partial charge in [0.25, 0.3) is 0 Å². The minimum atomic E-state index is -0.599. The van der Waals surface area contributed by atoms with Gasteiger partial charge in [-0.15, -0.1) is 11.8 Å². The predicted octanol–water partition coefficient (Wildman–Crippen LogP) is 4.35. The van der Waals surface area contributed by atoms with Gasteiger partial charge in [-0.2, -0.15) is 0 Å². The number of carbonyl (C=O) groups is 3. The summed E-state index contributed by atoms with van der Waals surface area (Å²) in [6, 6.07) is 12.5. The number of halogens is 1. The van der Waals surface area contributed by atoms with Crippen LogP contribution in [0.3, 0.4) is 0 Å². The van der Waals surface area contributed by atoms with E-state index in [4.69, 9.17) is 0 Å². The van der Waals surface area contributed by atoms with Crippen LogP contribution in [-0.4, -0.2) is 45.5 Å². The van der Waals surface area contributed by atoms with Crippen molar-refractivity contribution in [3.8, 4) is 0 Å². The number of benzene rings is 2. The summed E-state index contributed by atoms with van der Waals surface area (Å²) in [6.45, 7) is 3.75. The first-order chi connectivity index (χ1) is 15.3. The summed E-state index contributed by atoms with van der Waals surface area (Å²) in [4.78, 5) is 41.4. The number of urea groups is 1. The first-order valence-corrected chi connectivity index (χ1v) is 11.4. The topological polar surface area (TPSA) is 69.7 Å². The number of carbonyl (C=O) groups excluding carboxylic acids is 3. The van der Waals surface area contributed by atoms with Crippen LogP contribution in [0.15, 0.2) is 60.0 Å². The van der Waals surface area contributed by atoms with Gasteiger partial charge in [0.2, 0.25) is 11.8 Å². The second kappa shape index (κ2) is 9.16. The number of thioether (sulfide) groups is 1. The average molecular weight is 454 g/mol. The van der Waals surface area contributed by atoms with Crippen molar-refractivity contribution in [3.05, 3.63) is 77.0 Å². The van der Waals surface area contributed by atoms with Crippen molar-refractivity contribution >= 4 is 35.3 Å². The molecule has 0 spiro atoms. The van der Waals surface area contributed by atoms with Gasteiger partial charge < -0.3 is 10.2 Å². The Morgan fingerprint density at radius 3 is 2.69 bits per heavy atom. The standard InChI is InChI=1S/C24H24FN3O3S/c1-15(2)16-7-5-8-18(12-16)26-21(29)14-27-20-10-11-32-22(20)23(30)28(24(27)31)13-17-6-3-4-9-19(17)25/h3-12,15,20,22H,13-14H2,1-2H3,(H,26,29). The Morgan fingerprint density at radius 2 is 1.94 bits per heavy atom. The largest absolute Gasteiger partial charge is 0.328 e. The van der Waals surface area contributed by atoms with Crippen molar-refractivity contribution in [1.82, 2.24) is 9.80 Å². The van der Waals surface area contributed by atoms with Crippen molar-refractivity contribution in [2.75, 3.05) is 11.9 Å². The second-order valence-corrected chi connectivity index (χ2v) is 9.18. The van der Waals surface area contributed by atoms with E-state index in [-0.39, 0.29) is 30.5 Å². The van der Waals surface area contributed by atoms with Crippen LogP contribution >= 0.6 is 11.8 Å². The third kappa shape index (κ3) is 4.41. The van der Waals surface area contributed by atoms with Gasteiger partial charge in [0.15, 0.2) is 0 Å². The predicted molar refractivity (Wildman–Crippen MR) is 123 cm³/mol. The van der Waals surface area contributed by atoms with E-state index in [2.05, 4.69) is 19.2 Å². The normalized spacial score (nSPS) is 20.1. The minimum Gasteiger partial charge on any atom is -0.325 e. The van der Waals surface area contributed by atoms with Gasteiger partial charge in [0, 0.05) is 11.3 Å². The Morgan fingerprint density at radius 1 is 1.16 bits per heavy atom. The maximum Gasteiger partial charge on any atom is 0.328 e. The van der Waals surface area contributed by atoms with E-state index in [1.165, 1.54) is 22.7 Å². The number of hydrogen-bond donors (Lipinski definition) is 1. The van der Waals surface area contributed by atoms with Crippen LogP contribution in [-0.2, 0) is 16.1 Å². The number of fused-ring (bicyclic) bond motifs is 1. The summed E-state index contributed by atoms with van der Waals surface area (Å²) in [5, 5.41) is 4.07. The molecule has 2 aromatic rings. The molecule has 8 heteroatoms. The Labute approximate surface area is 190 Å². The third-order valence-electron chi connectivity index (χ3n) is 5.59.